The van der Waals surface area contributed by atoms with E-state index in [0.29, 0.717) is 6.42 Å². The van der Waals surface area contributed by atoms with Crippen molar-refractivity contribution in [2.24, 2.45) is 0 Å². The van der Waals surface area contributed by atoms with Crippen LogP contribution in [0.3, 0.4) is 0 Å². The monoisotopic (exact) mass is 364 g/mol. The summed E-state index contributed by atoms with van der Waals surface area (Å²) in [6, 6.07) is 0. The van der Waals surface area contributed by atoms with Gasteiger partial charge in [0.2, 0.25) is 0 Å². The van der Waals surface area contributed by atoms with Crippen LogP contribution in [-0.4, -0.2) is 18.9 Å². The van der Waals surface area contributed by atoms with Crippen molar-refractivity contribution in [3.8, 4) is 0 Å². The van der Waals surface area contributed by atoms with Gasteiger partial charge in [0.15, 0.2) is 5.78 Å². The second-order valence-corrected chi connectivity index (χ2v) is 7.05. The first-order chi connectivity index (χ1) is 12.7. The van der Waals surface area contributed by atoms with Gasteiger partial charge in [-0.2, -0.15) is 0 Å². The molecule has 0 saturated heterocycles. The van der Waals surface area contributed by atoms with Crippen molar-refractivity contribution in [3.63, 3.8) is 0 Å². The lowest BCUT2D eigenvalue weighted by Gasteiger charge is -2.03. The maximum atomic E-state index is 11.6. The Kier molecular flexibility index (Phi) is 18.9. The first kappa shape index (κ1) is 24.6. The molecule has 3 heteroatoms. The molecule has 0 aliphatic heterocycles. The molecule has 3 nitrogen and oxygen atoms in total. The van der Waals surface area contributed by atoms with Gasteiger partial charge in [-0.3, -0.25) is 4.79 Å². The Morgan fingerprint density at radius 3 is 1.54 bits per heavy atom. The zero-order valence-corrected chi connectivity index (χ0v) is 17.1. The van der Waals surface area contributed by atoms with Gasteiger partial charge in [0, 0.05) is 12.5 Å². The van der Waals surface area contributed by atoms with Gasteiger partial charge in [-0.25, -0.2) is 4.79 Å². The van der Waals surface area contributed by atoms with Crippen LogP contribution in [0.15, 0.2) is 24.3 Å². The first-order valence-electron chi connectivity index (χ1n) is 10.7. The van der Waals surface area contributed by atoms with Crippen LogP contribution in [0.4, 0.5) is 0 Å². The molecule has 0 aliphatic rings. The number of unbranched alkanes of at least 4 members (excludes halogenated alkanes) is 13. The summed E-state index contributed by atoms with van der Waals surface area (Å²) in [6.07, 6.45) is 25.1. The zero-order valence-electron chi connectivity index (χ0n) is 17.1. The van der Waals surface area contributed by atoms with Crippen LogP contribution >= 0.6 is 0 Å². The normalized spacial score (nSPS) is 11.5. The number of carbonyl (C=O) groups is 2. The SMILES string of the molecule is CCCCCCCCCCCCCCCCC(=O)/C=C/C=C/C(=O)OC. The molecule has 0 aromatic heterocycles. The zero-order chi connectivity index (χ0) is 19.3. The van der Waals surface area contributed by atoms with E-state index in [4.69, 9.17) is 0 Å². The van der Waals surface area contributed by atoms with Crippen molar-refractivity contribution >= 4 is 11.8 Å². The number of hydrogen-bond acceptors (Lipinski definition) is 3. The lowest BCUT2D eigenvalue weighted by molar-refractivity contribution is -0.134. The molecule has 0 N–H and O–H groups in total. The minimum absolute atomic E-state index is 0.124. The third-order valence-electron chi connectivity index (χ3n) is 4.60. The number of ketones is 1. The van der Waals surface area contributed by atoms with E-state index in [9.17, 15) is 9.59 Å². The molecule has 150 valence electrons. The average Bonchev–Trinajstić information content (AvgIpc) is 2.65. The van der Waals surface area contributed by atoms with E-state index in [0.717, 1.165) is 12.8 Å². The van der Waals surface area contributed by atoms with Crippen molar-refractivity contribution in [2.45, 2.75) is 103 Å². The van der Waals surface area contributed by atoms with Crippen molar-refractivity contribution in [1.29, 1.82) is 0 Å². The summed E-state index contributed by atoms with van der Waals surface area (Å²) in [5.41, 5.74) is 0. The Labute approximate surface area is 161 Å². The van der Waals surface area contributed by atoms with Gasteiger partial charge < -0.3 is 4.74 Å². The fraction of sp³-hybridized carbons (Fsp3) is 0.739. The van der Waals surface area contributed by atoms with Gasteiger partial charge >= 0.3 is 5.97 Å². The van der Waals surface area contributed by atoms with E-state index in [1.165, 1.54) is 102 Å². The minimum Gasteiger partial charge on any atom is -0.466 e. The second kappa shape index (κ2) is 19.9. The maximum absolute atomic E-state index is 11.6. The average molecular weight is 365 g/mol. The quantitative estimate of drug-likeness (QED) is 0.117. The van der Waals surface area contributed by atoms with Crippen LogP contribution in [-0.2, 0) is 14.3 Å². The number of ether oxygens (including phenoxy) is 1. The lowest BCUT2D eigenvalue weighted by Crippen LogP contribution is -1.94. The van der Waals surface area contributed by atoms with Crippen LogP contribution in [0.25, 0.3) is 0 Å². The molecule has 0 saturated carbocycles. The van der Waals surface area contributed by atoms with Gasteiger partial charge in [-0.15, -0.1) is 0 Å². The summed E-state index contributed by atoms with van der Waals surface area (Å²) in [5.74, 6) is -0.285. The topological polar surface area (TPSA) is 43.4 Å². The van der Waals surface area contributed by atoms with Crippen molar-refractivity contribution in [3.05, 3.63) is 24.3 Å². The number of carbonyl (C=O) groups excluding carboxylic acids is 2. The molecular formula is C23H40O3. The largest absolute Gasteiger partial charge is 0.466 e. The standard InChI is InChI=1S/C23H40O3/c1-3-4-5-6-7-8-9-10-11-12-13-14-15-16-19-22(24)20-17-18-21-23(25)26-2/h17-18,20-21H,3-16,19H2,1-2H3/b20-17+,21-18+. The predicted octanol–water partition coefficient (Wildman–Crippen LogP) is 6.71. The van der Waals surface area contributed by atoms with E-state index in [1.54, 1.807) is 6.08 Å². The third-order valence-corrected chi connectivity index (χ3v) is 4.60. The van der Waals surface area contributed by atoms with Gasteiger partial charge in [0.25, 0.3) is 0 Å². The number of rotatable bonds is 18. The summed E-state index contributed by atoms with van der Waals surface area (Å²) in [7, 11) is 1.33. The summed E-state index contributed by atoms with van der Waals surface area (Å²) in [4.78, 5) is 22.5. The van der Waals surface area contributed by atoms with E-state index in [1.807, 2.05) is 0 Å². The van der Waals surface area contributed by atoms with Crippen LogP contribution in [0.5, 0.6) is 0 Å². The van der Waals surface area contributed by atoms with E-state index >= 15 is 0 Å². The first-order valence-corrected chi connectivity index (χ1v) is 10.7. The molecule has 0 aromatic carbocycles. The van der Waals surface area contributed by atoms with E-state index in [2.05, 4.69) is 11.7 Å². The Balaban J connectivity index is 3.30. The highest BCUT2D eigenvalue weighted by Crippen LogP contribution is 2.13. The Hall–Kier alpha value is -1.38. The van der Waals surface area contributed by atoms with Crippen LogP contribution in [0, 0.1) is 0 Å². The Morgan fingerprint density at radius 1 is 0.654 bits per heavy atom. The number of hydrogen-bond donors (Lipinski definition) is 0. The predicted molar refractivity (Wildman–Crippen MR) is 110 cm³/mol. The van der Waals surface area contributed by atoms with Gasteiger partial charge in [0.1, 0.15) is 0 Å². The van der Waals surface area contributed by atoms with Crippen molar-refractivity contribution in [1.82, 2.24) is 0 Å². The second-order valence-electron chi connectivity index (χ2n) is 7.05. The molecule has 0 amide bonds. The molecule has 0 aliphatic carbocycles. The van der Waals surface area contributed by atoms with Gasteiger partial charge in [0.05, 0.1) is 7.11 Å². The van der Waals surface area contributed by atoms with Gasteiger partial charge in [-0.05, 0) is 12.5 Å². The summed E-state index contributed by atoms with van der Waals surface area (Å²) in [5, 5.41) is 0. The molecular weight excluding hydrogens is 324 g/mol. The molecule has 0 aromatic rings. The summed E-state index contributed by atoms with van der Waals surface area (Å²) in [6.45, 7) is 2.27. The van der Waals surface area contributed by atoms with Crippen LogP contribution in [0.1, 0.15) is 103 Å². The molecule has 0 rings (SSSR count). The molecule has 0 heterocycles. The van der Waals surface area contributed by atoms with Crippen LogP contribution in [0.2, 0.25) is 0 Å². The molecule has 0 fully saturated rings. The third kappa shape index (κ3) is 19.0. The molecule has 0 atom stereocenters. The highest BCUT2D eigenvalue weighted by Gasteiger charge is 1.97. The van der Waals surface area contributed by atoms with E-state index < -0.39 is 5.97 Å². The minimum atomic E-state index is -0.408. The van der Waals surface area contributed by atoms with Crippen molar-refractivity contribution < 1.29 is 14.3 Å². The highest BCUT2D eigenvalue weighted by molar-refractivity contribution is 5.90. The summed E-state index contributed by atoms with van der Waals surface area (Å²) >= 11 is 0. The Morgan fingerprint density at radius 2 is 1.08 bits per heavy atom. The molecule has 0 spiro atoms. The number of esters is 1. The smallest absolute Gasteiger partial charge is 0.330 e. The number of methoxy groups -OCH3 is 1. The van der Waals surface area contributed by atoms with Crippen LogP contribution < -0.4 is 0 Å². The molecule has 0 radical (unpaired) electrons. The molecule has 26 heavy (non-hydrogen) atoms. The molecule has 0 bridgehead atoms. The molecule has 0 unspecified atom stereocenters. The number of allylic oxidation sites excluding steroid dienone is 3. The Bertz CT molecular complexity index is 396. The highest BCUT2D eigenvalue weighted by atomic mass is 16.5. The summed E-state index contributed by atoms with van der Waals surface area (Å²) < 4.78 is 4.47. The lowest BCUT2D eigenvalue weighted by atomic mass is 10.0. The van der Waals surface area contributed by atoms with Crippen molar-refractivity contribution in [2.75, 3.05) is 7.11 Å². The maximum Gasteiger partial charge on any atom is 0.330 e. The fourth-order valence-electron chi connectivity index (χ4n) is 2.94. The van der Waals surface area contributed by atoms with E-state index in [-0.39, 0.29) is 5.78 Å². The van der Waals surface area contributed by atoms with Gasteiger partial charge in [-0.1, -0.05) is 103 Å². The fourth-order valence-corrected chi connectivity index (χ4v) is 2.94.